The van der Waals surface area contributed by atoms with Gasteiger partial charge < -0.3 is 15.1 Å². The molecule has 5 heteroatoms. The van der Waals surface area contributed by atoms with Gasteiger partial charge in [-0.25, -0.2) is 0 Å². The number of nitrogens with two attached hydrogens (primary N) is 1. The normalized spacial score (nSPS) is 16.2. The lowest BCUT2D eigenvalue weighted by atomic mass is 10.1. The first kappa shape index (κ1) is 14.2. The number of aromatic nitrogens is 2. The van der Waals surface area contributed by atoms with Gasteiger partial charge in [0, 0.05) is 24.7 Å². The number of rotatable bonds is 6. The van der Waals surface area contributed by atoms with E-state index in [4.69, 9.17) is 10.2 Å². The van der Waals surface area contributed by atoms with Gasteiger partial charge >= 0.3 is 0 Å². The Balaban J connectivity index is 1.95. The summed E-state index contributed by atoms with van der Waals surface area (Å²) in [6.07, 6.45) is 5.07. The minimum absolute atomic E-state index is 0.135. The summed E-state index contributed by atoms with van der Waals surface area (Å²) in [5.74, 6) is 2.19. The van der Waals surface area contributed by atoms with Gasteiger partial charge in [0.2, 0.25) is 0 Å². The maximum absolute atomic E-state index is 6.03. The molecule has 2 N–H and O–H groups in total. The molecule has 1 aliphatic rings. The molecule has 0 spiro atoms. The van der Waals surface area contributed by atoms with Crippen LogP contribution in [0.2, 0.25) is 0 Å². The standard InChI is InChI=1S/C16H24N4O/c1-11(17)9-15-12(2)18-19(3)16(15)20(13-6-7-13)10-14-5-4-8-21-14/h4-5,8,11,13H,6-7,9-10,17H2,1-3H3. The first-order valence-electron chi connectivity index (χ1n) is 7.63. The molecule has 1 atom stereocenters. The summed E-state index contributed by atoms with van der Waals surface area (Å²) in [4.78, 5) is 2.43. The van der Waals surface area contributed by atoms with E-state index < -0.39 is 0 Å². The van der Waals surface area contributed by atoms with E-state index in [0.29, 0.717) is 6.04 Å². The molecule has 0 bridgehead atoms. The van der Waals surface area contributed by atoms with E-state index in [0.717, 1.165) is 24.4 Å². The van der Waals surface area contributed by atoms with Crippen LogP contribution in [0, 0.1) is 6.92 Å². The average Bonchev–Trinajstić information content (AvgIpc) is 3.06. The van der Waals surface area contributed by atoms with E-state index in [1.165, 1.54) is 24.2 Å². The van der Waals surface area contributed by atoms with Crippen LogP contribution in [0.25, 0.3) is 0 Å². The van der Waals surface area contributed by atoms with Crippen LogP contribution in [0.3, 0.4) is 0 Å². The van der Waals surface area contributed by atoms with Crippen LogP contribution >= 0.6 is 0 Å². The van der Waals surface area contributed by atoms with Gasteiger partial charge in [0.15, 0.2) is 0 Å². The Bertz CT molecular complexity index is 596. The number of nitrogens with zero attached hydrogens (tertiary/aromatic N) is 3. The molecule has 1 aliphatic carbocycles. The van der Waals surface area contributed by atoms with Crippen molar-refractivity contribution in [2.24, 2.45) is 12.8 Å². The van der Waals surface area contributed by atoms with Crippen molar-refractivity contribution in [3.05, 3.63) is 35.4 Å². The molecule has 0 amide bonds. The van der Waals surface area contributed by atoms with Crippen molar-refractivity contribution in [1.29, 1.82) is 0 Å². The fourth-order valence-electron chi connectivity index (χ4n) is 2.94. The van der Waals surface area contributed by atoms with Gasteiger partial charge in [-0.05, 0) is 45.2 Å². The zero-order valence-corrected chi connectivity index (χ0v) is 13.0. The molecule has 0 aromatic carbocycles. The molecule has 3 rings (SSSR count). The van der Waals surface area contributed by atoms with Gasteiger partial charge in [-0.2, -0.15) is 5.10 Å². The fourth-order valence-corrected chi connectivity index (χ4v) is 2.94. The predicted octanol–water partition coefficient (Wildman–Crippen LogP) is 2.38. The highest BCUT2D eigenvalue weighted by atomic mass is 16.3. The Kier molecular flexibility index (Phi) is 3.76. The monoisotopic (exact) mass is 288 g/mol. The Hall–Kier alpha value is -1.75. The molecule has 2 aromatic rings. The van der Waals surface area contributed by atoms with Gasteiger partial charge in [-0.1, -0.05) is 0 Å². The summed E-state index contributed by atoms with van der Waals surface area (Å²) in [5, 5.41) is 4.61. The second kappa shape index (κ2) is 5.56. The zero-order chi connectivity index (χ0) is 15.0. The molecule has 1 fully saturated rings. The van der Waals surface area contributed by atoms with Gasteiger partial charge in [0.05, 0.1) is 18.5 Å². The predicted molar refractivity (Wildman–Crippen MR) is 83.2 cm³/mol. The maximum atomic E-state index is 6.03. The lowest BCUT2D eigenvalue weighted by Crippen LogP contribution is -2.29. The summed E-state index contributed by atoms with van der Waals surface area (Å²) in [7, 11) is 2.02. The van der Waals surface area contributed by atoms with E-state index in [1.807, 2.05) is 30.8 Å². The van der Waals surface area contributed by atoms with Crippen molar-refractivity contribution >= 4 is 5.82 Å². The number of hydrogen-bond acceptors (Lipinski definition) is 4. The molecular weight excluding hydrogens is 264 g/mol. The Morgan fingerprint density at radius 1 is 1.52 bits per heavy atom. The molecule has 21 heavy (non-hydrogen) atoms. The third-order valence-corrected chi connectivity index (χ3v) is 4.01. The van der Waals surface area contributed by atoms with Crippen molar-refractivity contribution in [3.8, 4) is 0 Å². The molecule has 0 radical (unpaired) electrons. The van der Waals surface area contributed by atoms with Crippen LogP contribution in [0.4, 0.5) is 5.82 Å². The van der Waals surface area contributed by atoms with Crippen LogP contribution < -0.4 is 10.6 Å². The lowest BCUT2D eigenvalue weighted by molar-refractivity contribution is 0.497. The Morgan fingerprint density at radius 2 is 2.29 bits per heavy atom. The van der Waals surface area contributed by atoms with Crippen molar-refractivity contribution in [3.63, 3.8) is 0 Å². The van der Waals surface area contributed by atoms with Crippen molar-refractivity contribution in [2.45, 2.75) is 51.7 Å². The second-order valence-electron chi connectivity index (χ2n) is 6.13. The summed E-state index contributed by atoms with van der Waals surface area (Å²) in [6, 6.07) is 4.70. The van der Waals surface area contributed by atoms with Crippen LogP contribution in [0.1, 0.15) is 36.8 Å². The topological polar surface area (TPSA) is 60.2 Å². The first-order valence-corrected chi connectivity index (χ1v) is 7.63. The van der Waals surface area contributed by atoms with Crippen molar-refractivity contribution in [2.75, 3.05) is 4.90 Å². The quantitative estimate of drug-likeness (QED) is 0.886. The highest BCUT2D eigenvalue weighted by molar-refractivity contribution is 5.52. The van der Waals surface area contributed by atoms with Crippen LogP contribution in [-0.4, -0.2) is 21.9 Å². The summed E-state index contributed by atoms with van der Waals surface area (Å²) in [6.45, 7) is 4.91. The molecule has 2 heterocycles. The smallest absolute Gasteiger partial charge is 0.130 e. The average molecular weight is 288 g/mol. The lowest BCUT2D eigenvalue weighted by Gasteiger charge is -2.25. The highest BCUT2D eigenvalue weighted by Crippen LogP contribution is 2.36. The molecule has 2 aromatic heterocycles. The Morgan fingerprint density at radius 3 is 2.86 bits per heavy atom. The van der Waals surface area contributed by atoms with E-state index >= 15 is 0 Å². The summed E-state index contributed by atoms with van der Waals surface area (Å²) in [5.41, 5.74) is 8.37. The first-order chi connectivity index (χ1) is 10.1. The van der Waals surface area contributed by atoms with Crippen LogP contribution in [0.15, 0.2) is 22.8 Å². The third-order valence-electron chi connectivity index (χ3n) is 4.01. The van der Waals surface area contributed by atoms with Crippen molar-refractivity contribution in [1.82, 2.24) is 9.78 Å². The number of hydrogen-bond donors (Lipinski definition) is 1. The van der Waals surface area contributed by atoms with E-state index in [2.05, 4.69) is 16.9 Å². The van der Waals surface area contributed by atoms with Crippen LogP contribution in [0.5, 0.6) is 0 Å². The Labute approximate surface area is 125 Å². The largest absolute Gasteiger partial charge is 0.467 e. The second-order valence-corrected chi connectivity index (χ2v) is 6.13. The van der Waals surface area contributed by atoms with Gasteiger partial charge in [-0.3, -0.25) is 4.68 Å². The number of aryl methyl sites for hydroxylation is 2. The molecule has 114 valence electrons. The summed E-state index contributed by atoms with van der Waals surface area (Å²) >= 11 is 0. The molecule has 0 saturated heterocycles. The van der Waals surface area contributed by atoms with E-state index in [9.17, 15) is 0 Å². The SMILES string of the molecule is Cc1nn(C)c(N(Cc2ccco2)C2CC2)c1CC(C)N. The molecule has 5 nitrogen and oxygen atoms in total. The van der Waals surface area contributed by atoms with Gasteiger partial charge in [-0.15, -0.1) is 0 Å². The third kappa shape index (κ3) is 2.97. The maximum Gasteiger partial charge on any atom is 0.130 e. The van der Waals surface area contributed by atoms with E-state index in [-0.39, 0.29) is 6.04 Å². The molecule has 1 saturated carbocycles. The van der Waals surface area contributed by atoms with Crippen LogP contribution in [-0.2, 0) is 20.0 Å². The molecule has 1 unspecified atom stereocenters. The number of anilines is 1. The van der Waals surface area contributed by atoms with Crippen molar-refractivity contribution < 1.29 is 4.42 Å². The summed E-state index contributed by atoms with van der Waals surface area (Å²) < 4.78 is 7.53. The molecule has 0 aliphatic heterocycles. The highest BCUT2D eigenvalue weighted by Gasteiger charge is 2.33. The minimum atomic E-state index is 0.135. The molecular formula is C16H24N4O. The van der Waals surface area contributed by atoms with E-state index in [1.54, 1.807) is 6.26 Å². The fraction of sp³-hybridized carbons (Fsp3) is 0.562. The minimum Gasteiger partial charge on any atom is -0.467 e. The number of furan rings is 1. The zero-order valence-electron chi connectivity index (χ0n) is 13.0. The van der Waals surface area contributed by atoms with Gasteiger partial charge in [0.1, 0.15) is 11.6 Å². The van der Waals surface area contributed by atoms with Gasteiger partial charge in [0.25, 0.3) is 0 Å².